The van der Waals surface area contributed by atoms with E-state index in [-0.39, 0.29) is 11.9 Å². The van der Waals surface area contributed by atoms with E-state index < -0.39 is 0 Å². The SMILES string of the molecule is CC(C)C[C@H](N)C(=O)N1CCCC(C)C1C. The van der Waals surface area contributed by atoms with Gasteiger partial charge >= 0.3 is 0 Å². The summed E-state index contributed by atoms with van der Waals surface area (Å²) in [5, 5.41) is 0. The van der Waals surface area contributed by atoms with Gasteiger partial charge in [0.1, 0.15) is 0 Å². The Labute approximate surface area is 99.4 Å². The smallest absolute Gasteiger partial charge is 0.239 e. The maximum atomic E-state index is 12.2. The van der Waals surface area contributed by atoms with E-state index in [1.165, 1.54) is 6.42 Å². The summed E-state index contributed by atoms with van der Waals surface area (Å²) >= 11 is 0. The van der Waals surface area contributed by atoms with Crippen molar-refractivity contribution in [1.29, 1.82) is 0 Å². The Morgan fingerprint density at radius 1 is 1.44 bits per heavy atom. The average molecular weight is 226 g/mol. The summed E-state index contributed by atoms with van der Waals surface area (Å²) in [7, 11) is 0. The molecular formula is C13H26N2O. The third-order valence-electron chi connectivity index (χ3n) is 3.70. The molecule has 0 aromatic carbocycles. The maximum absolute atomic E-state index is 12.2. The van der Waals surface area contributed by atoms with Gasteiger partial charge in [0, 0.05) is 12.6 Å². The van der Waals surface area contributed by atoms with Gasteiger partial charge < -0.3 is 10.6 Å². The minimum Gasteiger partial charge on any atom is -0.338 e. The number of rotatable bonds is 3. The molecule has 3 heteroatoms. The minimum atomic E-state index is -0.312. The second-order valence-electron chi connectivity index (χ2n) is 5.63. The third kappa shape index (κ3) is 3.21. The lowest BCUT2D eigenvalue weighted by molar-refractivity contribution is -0.137. The van der Waals surface area contributed by atoms with Gasteiger partial charge in [-0.05, 0) is 38.0 Å². The second-order valence-corrected chi connectivity index (χ2v) is 5.63. The zero-order chi connectivity index (χ0) is 12.3. The number of carbonyl (C=O) groups is 1. The van der Waals surface area contributed by atoms with E-state index in [1.54, 1.807) is 0 Å². The molecule has 0 saturated carbocycles. The van der Waals surface area contributed by atoms with Crippen LogP contribution >= 0.6 is 0 Å². The van der Waals surface area contributed by atoms with E-state index in [0.717, 1.165) is 19.4 Å². The fourth-order valence-corrected chi connectivity index (χ4v) is 2.47. The van der Waals surface area contributed by atoms with Crippen LogP contribution in [0.4, 0.5) is 0 Å². The Kier molecular flexibility index (Phi) is 4.78. The van der Waals surface area contributed by atoms with Crippen molar-refractivity contribution >= 4 is 5.91 Å². The highest BCUT2D eigenvalue weighted by atomic mass is 16.2. The van der Waals surface area contributed by atoms with Crippen molar-refractivity contribution in [2.75, 3.05) is 6.54 Å². The maximum Gasteiger partial charge on any atom is 0.239 e. The summed E-state index contributed by atoms with van der Waals surface area (Å²) in [5.41, 5.74) is 5.97. The molecule has 2 unspecified atom stereocenters. The largest absolute Gasteiger partial charge is 0.338 e. The minimum absolute atomic E-state index is 0.146. The molecule has 16 heavy (non-hydrogen) atoms. The molecule has 0 radical (unpaired) electrons. The lowest BCUT2D eigenvalue weighted by Gasteiger charge is -2.39. The highest BCUT2D eigenvalue weighted by molar-refractivity contribution is 5.82. The molecule has 1 rings (SSSR count). The molecular weight excluding hydrogens is 200 g/mol. The summed E-state index contributed by atoms with van der Waals surface area (Å²) in [6.07, 6.45) is 3.13. The van der Waals surface area contributed by atoms with Gasteiger partial charge in [-0.3, -0.25) is 4.79 Å². The second kappa shape index (κ2) is 5.67. The predicted molar refractivity (Wildman–Crippen MR) is 67.0 cm³/mol. The van der Waals surface area contributed by atoms with Gasteiger partial charge in [-0.25, -0.2) is 0 Å². The van der Waals surface area contributed by atoms with E-state index in [9.17, 15) is 4.79 Å². The van der Waals surface area contributed by atoms with Crippen LogP contribution < -0.4 is 5.73 Å². The van der Waals surface area contributed by atoms with Gasteiger partial charge in [0.25, 0.3) is 0 Å². The summed E-state index contributed by atoms with van der Waals surface area (Å²) in [6.45, 7) is 9.46. The van der Waals surface area contributed by atoms with Crippen molar-refractivity contribution in [3.63, 3.8) is 0 Å². The van der Waals surface area contributed by atoms with Crippen molar-refractivity contribution < 1.29 is 4.79 Å². The fraction of sp³-hybridized carbons (Fsp3) is 0.923. The summed E-state index contributed by atoms with van der Waals surface area (Å²) in [5.74, 6) is 1.23. The molecule has 3 atom stereocenters. The van der Waals surface area contributed by atoms with Crippen molar-refractivity contribution in [2.24, 2.45) is 17.6 Å². The first-order valence-electron chi connectivity index (χ1n) is 6.49. The molecule has 0 aromatic rings. The molecule has 1 aliphatic heterocycles. The molecule has 0 aromatic heterocycles. The summed E-state index contributed by atoms with van der Waals surface area (Å²) in [6, 6.07) is 0.0345. The Hall–Kier alpha value is -0.570. The van der Waals surface area contributed by atoms with Crippen LogP contribution in [0.1, 0.15) is 47.0 Å². The lowest BCUT2D eigenvalue weighted by Crippen LogP contribution is -2.52. The zero-order valence-corrected chi connectivity index (χ0v) is 11.1. The van der Waals surface area contributed by atoms with Crippen LogP contribution in [0.5, 0.6) is 0 Å². The van der Waals surface area contributed by atoms with Crippen LogP contribution in [0.2, 0.25) is 0 Å². The van der Waals surface area contributed by atoms with Gasteiger partial charge in [0.05, 0.1) is 6.04 Å². The predicted octanol–water partition coefficient (Wildman–Crippen LogP) is 2.01. The van der Waals surface area contributed by atoms with Gasteiger partial charge in [0.15, 0.2) is 0 Å². The standard InChI is InChI=1S/C13H26N2O/c1-9(2)8-12(14)13(16)15-7-5-6-10(3)11(15)4/h9-12H,5-8,14H2,1-4H3/t10?,11?,12-/m0/s1. The topological polar surface area (TPSA) is 46.3 Å². The molecule has 0 bridgehead atoms. The van der Waals surface area contributed by atoms with Gasteiger partial charge in [-0.15, -0.1) is 0 Å². The van der Waals surface area contributed by atoms with E-state index in [1.807, 2.05) is 4.90 Å². The summed E-state index contributed by atoms with van der Waals surface area (Å²) in [4.78, 5) is 14.2. The highest BCUT2D eigenvalue weighted by Crippen LogP contribution is 2.23. The monoisotopic (exact) mass is 226 g/mol. The van der Waals surface area contributed by atoms with Crippen molar-refractivity contribution in [3.05, 3.63) is 0 Å². The number of nitrogens with two attached hydrogens (primary N) is 1. The Morgan fingerprint density at radius 3 is 2.62 bits per heavy atom. The third-order valence-corrected chi connectivity index (χ3v) is 3.70. The number of amides is 1. The molecule has 0 spiro atoms. The van der Waals surface area contributed by atoms with Gasteiger partial charge in [-0.1, -0.05) is 20.8 Å². The molecule has 2 N–H and O–H groups in total. The first kappa shape index (κ1) is 13.5. The molecule has 1 aliphatic rings. The Morgan fingerprint density at radius 2 is 2.06 bits per heavy atom. The van der Waals surface area contributed by atoms with Crippen LogP contribution in [0.25, 0.3) is 0 Å². The number of nitrogens with zero attached hydrogens (tertiary/aromatic N) is 1. The van der Waals surface area contributed by atoms with Gasteiger partial charge in [-0.2, -0.15) is 0 Å². The van der Waals surface area contributed by atoms with Crippen molar-refractivity contribution in [1.82, 2.24) is 4.90 Å². The number of likely N-dealkylation sites (tertiary alicyclic amines) is 1. The van der Waals surface area contributed by atoms with Gasteiger partial charge in [0.2, 0.25) is 5.91 Å². The first-order valence-corrected chi connectivity index (χ1v) is 6.49. The number of hydrogen-bond acceptors (Lipinski definition) is 2. The Bertz CT molecular complexity index is 240. The quantitative estimate of drug-likeness (QED) is 0.800. The number of carbonyl (C=O) groups excluding carboxylic acids is 1. The van der Waals surface area contributed by atoms with Crippen LogP contribution in [-0.2, 0) is 4.79 Å². The van der Waals surface area contributed by atoms with E-state index in [0.29, 0.717) is 17.9 Å². The molecule has 1 amide bonds. The number of piperidine rings is 1. The van der Waals surface area contributed by atoms with E-state index >= 15 is 0 Å². The highest BCUT2D eigenvalue weighted by Gasteiger charge is 2.31. The van der Waals surface area contributed by atoms with E-state index in [4.69, 9.17) is 5.73 Å². The van der Waals surface area contributed by atoms with Crippen LogP contribution in [0.15, 0.2) is 0 Å². The zero-order valence-electron chi connectivity index (χ0n) is 11.1. The number of hydrogen-bond donors (Lipinski definition) is 1. The average Bonchev–Trinajstić information content (AvgIpc) is 2.20. The molecule has 1 fully saturated rings. The molecule has 94 valence electrons. The van der Waals surface area contributed by atoms with Crippen LogP contribution in [0.3, 0.4) is 0 Å². The van der Waals surface area contributed by atoms with Crippen molar-refractivity contribution in [2.45, 2.75) is 59.0 Å². The molecule has 1 heterocycles. The first-order chi connectivity index (χ1) is 7.43. The Balaban J connectivity index is 2.58. The fourth-order valence-electron chi connectivity index (χ4n) is 2.47. The normalized spacial score (nSPS) is 28.2. The molecule has 1 saturated heterocycles. The molecule has 0 aliphatic carbocycles. The molecule has 3 nitrogen and oxygen atoms in total. The van der Waals surface area contributed by atoms with E-state index in [2.05, 4.69) is 27.7 Å². The summed E-state index contributed by atoms with van der Waals surface area (Å²) < 4.78 is 0. The van der Waals surface area contributed by atoms with Crippen LogP contribution in [0, 0.1) is 11.8 Å². The van der Waals surface area contributed by atoms with Crippen molar-refractivity contribution in [3.8, 4) is 0 Å². The lowest BCUT2D eigenvalue weighted by atomic mass is 9.91. The van der Waals surface area contributed by atoms with Crippen LogP contribution in [-0.4, -0.2) is 29.4 Å².